The molecule has 0 aliphatic heterocycles. The summed E-state index contributed by atoms with van der Waals surface area (Å²) in [6.07, 6.45) is 1.22. The van der Waals surface area contributed by atoms with Crippen LogP contribution in [0, 0.1) is 6.92 Å². The van der Waals surface area contributed by atoms with Crippen LogP contribution in [-0.4, -0.2) is 17.4 Å². The topological polar surface area (TPSA) is 42.0 Å². The minimum atomic E-state index is 0.0610. The third-order valence-corrected chi connectivity index (χ3v) is 5.61. The maximum atomic E-state index is 12.4. The van der Waals surface area contributed by atoms with Gasteiger partial charge in [0, 0.05) is 17.5 Å². The van der Waals surface area contributed by atoms with Gasteiger partial charge in [-0.25, -0.2) is 4.98 Å². The molecule has 0 radical (unpaired) electrons. The molecule has 4 heteroatoms. The van der Waals surface area contributed by atoms with Gasteiger partial charge in [-0.1, -0.05) is 66.7 Å². The molecule has 140 valence electrons. The number of hydrogen-bond donors (Lipinski definition) is 1. The molecular weight excluding hydrogens is 364 g/mol. The second-order valence-corrected chi connectivity index (χ2v) is 7.93. The Balaban J connectivity index is 1.31. The van der Waals surface area contributed by atoms with Crippen molar-refractivity contribution in [2.45, 2.75) is 19.8 Å². The zero-order chi connectivity index (χ0) is 19.3. The zero-order valence-corrected chi connectivity index (χ0v) is 16.6. The zero-order valence-electron chi connectivity index (χ0n) is 15.8. The summed E-state index contributed by atoms with van der Waals surface area (Å²) in [6, 6.07) is 22.7. The van der Waals surface area contributed by atoms with E-state index in [4.69, 9.17) is 0 Å². The standard InChI is InChI=1S/C24H22N2OS/c1-17-26-23(16-28-17)20-11-9-18(10-12-20)13-14-25-24(27)15-21-7-4-6-19-5-2-3-8-22(19)21/h2-12,16H,13-15H2,1H3,(H,25,27). The van der Waals surface area contributed by atoms with Gasteiger partial charge in [-0.15, -0.1) is 11.3 Å². The van der Waals surface area contributed by atoms with Crippen LogP contribution in [0.25, 0.3) is 22.0 Å². The lowest BCUT2D eigenvalue weighted by Crippen LogP contribution is -2.27. The lowest BCUT2D eigenvalue weighted by molar-refractivity contribution is -0.120. The second-order valence-electron chi connectivity index (χ2n) is 6.86. The molecule has 0 bridgehead atoms. The van der Waals surface area contributed by atoms with Gasteiger partial charge in [0.15, 0.2) is 0 Å². The smallest absolute Gasteiger partial charge is 0.224 e. The highest BCUT2D eigenvalue weighted by atomic mass is 32.1. The fraction of sp³-hybridized carbons (Fsp3) is 0.167. The number of nitrogens with zero attached hydrogens (tertiary/aromatic N) is 1. The molecule has 1 heterocycles. The van der Waals surface area contributed by atoms with E-state index in [0.717, 1.165) is 33.6 Å². The fourth-order valence-electron chi connectivity index (χ4n) is 3.37. The summed E-state index contributed by atoms with van der Waals surface area (Å²) in [7, 11) is 0. The number of aryl methyl sites for hydroxylation is 1. The lowest BCUT2D eigenvalue weighted by atomic mass is 10.0. The van der Waals surface area contributed by atoms with Crippen LogP contribution in [0.2, 0.25) is 0 Å². The first-order chi connectivity index (χ1) is 13.7. The average Bonchev–Trinajstić information content (AvgIpc) is 3.15. The quantitative estimate of drug-likeness (QED) is 0.496. The van der Waals surface area contributed by atoms with Gasteiger partial charge in [0.1, 0.15) is 0 Å². The number of rotatable bonds is 6. The molecule has 4 aromatic rings. The summed E-state index contributed by atoms with van der Waals surface area (Å²) in [6.45, 7) is 2.65. The highest BCUT2D eigenvalue weighted by Crippen LogP contribution is 2.22. The molecule has 3 nitrogen and oxygen atoms in total. The fourth-order valence-corrected chi connectivity index (χ4v) is 3.99. The second kappa shape index (κ2) is 8.36. The first-order valence-electron chi connectivity index (χ1n) is 9.44. The minimum Gasteiger partial charge on any atom is -0.355 e. The highest BCUT2D eigenvalue weighted by Gasteiger charge is 2.07. The molecule has 0 aliphatic rings. The van der Waals surface area contributed by atoms with Crippen molar-refractivity contribution in [2.75, 3.05) is 6.54 Å². The maximum Gasteiger partial charge on any atom is 0.224 e. The molecule has 0 aliphatic carbocycles. The molecule has 0 saturated carbocycles. The summed E-state index contributed by atoms with van der Waals surface area (Å²) in [4.78, 5) is 16.9. The van der Waals surface area contributed by atoms with Gasteiger partial charge in [0.25, 0.3) is 0 Å². The van der Waals surface area contributed by atoms with E-state index < -0.39 is 0 Å². The molecule has 28 heavy (non-hydrogen) atoms. The summed E-state index contributed by atoms with van der Waals surface area (Å²) < 4.78 is 0. The number of thiazole rings is 1. The Morgan fingerprint density at radius 1 is 1.00 bits per heavy atom. The summed E-state index contributed by atoms with van der Waals surface area (Å²) >= 11 is 1.66. The molecule has 1 N–H and O–H groups in total. The van der Waals surface area contributed by atoms with Crippen molar-refractivity contribution in [3.63, 3.8) is 0 Å². The number of aromatic nitrogens is 1. The lowest BCUT2D eigenvalue weighted by Gasteiger charge is -2.08. The Bertz CT molecular complexity index is 1090. The predicted molar refractivity (Wildman–Crippen MR) is 117 cm³/mol. The predicted octanol–water partition coefficient (Wildman–Crippen LogP) is 5.17. The van der Waals surface area contributed by atoms with Crippen molar-refractivity contribution in [3.8, 4) is 11.3 Å². The van der Waals surface area contributed by atoms with Crippen molar-refractivity contribution in [1.82, 2.24) is 10.3 Å². The van der Waals surface area contributed by atoms with E-state index in [1.165, 1.54) is 10.9 Å². The third-order valence-electron chi connectivity index (χ3n) is 4.84. The average molecular weight is 387 g/mol. The van der Waals surface area contributed by atoms with Crippen LogP contribution in [0.4, 0.5) is 0 Å². The van der Waals surface area contributed by atoms with Crippen LogP contribution in [-0.2, 0) is 17.6 Å². The molecule has 0 saturated heterocycles. The summed E-state index contributed by atoms with van der Waals surface area (Å²) in [5.41, 5.74) is 4.44. The van der Waals surface area contributed by atoms with Gasteiger partial charge in [-0.3, -0.25) is 4.79 Å². The number of carbonyl (C=O) groups excluding carboxylic acids is 1. The Labute approximate surface area is 169 Å². The van der Waals surface area contributed by atoms with Crippen molar-refractivity contribution in [1.29, 1.82) is 0 Å². The van der Waals surface area contributed by atoms with Crippen molar-refractivity contribution >= 4 is 28.0 Å². The highest BCUT2D eigenvalue weighted by molar-refractivity contribution is 7.09. The van der Waals surface area contributed by atoms with Crippen LogP contribution < -0.4 is 5.32 Å². The largest absolute Gasteiger partial charge is 0.355 e. The van der Waals surface area contributed by atoms with Crippen LogP contribution in [0.1, 0.15) is 16.1 Å². The minimum absolute atomic E-state index is 0.0610. The van der Waals surface area contributed by atoms with E-state index in [1.54, 1.807) is 11.3 Å². The molecule has 0 fully saturated rings. The Kier molecular flexibility index (Phi) is 5.49. The molecule has 0 spiro atoms. The van der Waals surface area contributed by atoms with Gasteiger partial charge in [0.2, 0.25) is 5.91 Å². The summed E-state index contributed by atoms with van der Waals surface area (Å²) in [5, 5.41) is 8.52. The van der Waals surface area contributed by atoms with E-state index in [0.29, 0.717) is 13.0 Å². The van der Waals surface area contributed by atoms with Crippen molar-refractivity contribution < 1.29 is 4.79 Å². The number of nitrogens with one attached hydrogen (secondary N) is 1. The van der Waals surface area contributed by atoms with Gasteiger partial charge in [0.05, 0.1) is 17.1 Å². The van der Waals surface area contributed by atoms with Crippen LogP contribution in [0.15, 0.2) is 72.1 Å². The molecule has 4 rings (SSSR count). The monoisotopic (exact) mass is 386 g/mol. The van der Waals surface area contributed by atoms with E-state index in [9.17, 15) is 4.79 Å². The Morgan fingerprint density at radius 3 is 2.57 bits per heavy atom. The summed E-state index contributed by atoms with van der Waals surface area (Å²) in [5.74, 6) is 0.0610. The van der Waals surface area contributed by atoms with E-state index in [-0.39, 0.29) is 5.91 Å². The normalized spacial score (nSPS) is 10.9. The number of carbonyl (C=O) groups is 1. The molecule has 1 aromatic heterocycles. The Hall–Kier alpha value is -2.98. The number of benzene rings is 3. The molecule has 0 unspecified atom stereocenters. The van der Waals surface area contributed by atoms with Crippen LogP contribution in [0.3, 0.4) is 0 Å². The maximum absolute atomic E-state index is 12.4. The molecule has 3 aromatic carbocycles. The van der Waals surface area contributed by atoms with E-state index >= 15 is 0 Å². The molecule has 0 atom stereocenters. The molecular formula is C24H22N2OS. The van der Waals surface area contributed by atoms with Crippen LogP contribution in [0.5, 0.6) is 0 Å². The van der Waals surface area contributed by atoms with Gasteiger partial charge < -0.3 is 5.32 Å². The first-order valence-corrected chi connectivity index (χ1v) is 10.3. The SMILES string of the molecule is Cc1nc(-c2ccc(CCNC(=O)Cc3cccc4ccccc34)cc2)cs1. The van der Waals surface area contributed by atoms with Crippen LogP contribution >= 0.6 is 11.3 Å². The van der Waals surface area contributed by atoms with E-state index in [2.05, 4.69) is 58.1 Å². The van der Waals surface area contributed by atoms with Crippen molar-refractivity contribution in [3.05, 3.63) is 88.2 Å². The number of fused-ring (bicyclic) bond motifs is 1. The van der Waals surface area contributed by atoms with Crippen molar-refractivity contribution in [2.24, 2.45) is 0 Å². The number of hydrogen-bond acceptors (Lipinski definition) is 3. The van der Waals surface area contributed by atoms with Gasteiger partial charge in [-0.05, 0) is 35.2 Å². The van der Waals surface area contributed by atoms with Gasteiger partial charge in [-0.2, -0.15) is 0 Å². The number of amides is 1. The first kappa shape index (κ1) is 18.4. The van der Waals surface area contributed by atoms with Gasteiger partial charge >= 0.3 is 0 Å². The van der Waals surface area contributed by atoms with E-state index in [1.807, 2.05) is 31.2 Å². The Morgan fingerprint density at radius 2 is 1.79 bits per heavy atom. The molecule has 1 amide bonds. The third kappa shape index (κ3) is 4.29.